The molecule has 2 heterocycles. The molecule has 0 unspecified atom stereocenters. The highest BCUT2D eigenvalue weighted by Gasteiger charge is 2.22. The predicted molar refractivity (Wildman–Crippen MR) is 118 cm³/mol. The van der Waals surface area contributed by atoms with Crippen LogP contribution in [0.15, 0.2) is 65.2 Å². The van der Waals surface area contributed by atoms with Crippen LogP contribution in [0.25, 0.3) is 33.6 Å². The van der Waals surface area contributed by atoms with E-state index >= 15 is 0 Å². The Labute approximate surface area is 179 Å². The third kappa shape index (κ3) is 4.62. The maximum absolute atomic E-state index is 13.4. The SMILES string of the molecule is CN(C)CCCNC(=O)c1cc(-c2ccccc2)nc2onc(-c3ccc(F)cc3)c12. The van der Waals surface area contributed by atoms with Gasteiger partial charge < -0.3 is 14.7 Å². The van der Waals surface area contributed by atoms with E-state index in [2.05, 4.69) is 20.4 Å². The summed E-state index contributed by atoms with van der Waals surface area (Å²) in [5, 5.41) is 7.64. The quantitative estimate of drug-likeness (QED) is 0.451. The zero-order chi connectivity index (χ0) is 21.8. The number of carbonyl (C=O) groups is 1. The maximum Gasteiger partial charge on any atom is 0.259 e. The molecular formula is C24H23FN4O2. The molecule has 31 heavy (non-hydrogen) atoms. The average molecular weight is 418 g/mol. The number of pyridine rings is 1. The van der Waals surface area contributed by atoms with Gasteiger partial charge >= 0.3 is 0 Å². The fourth-order valence-electron chi connectivity index (χ4n) is 3.38. The van der Waals surface area contributed by atoms with Crippen LogP contribution in [0, 0.1) is 5.82 Å². The molecule has 4 rings (SSSR count). The number of nitrogens with one attached hydrogen (secondary N) is 1. The molecule has 0 saturated carbocycles. The van der Waals surface area contributed by atoms with Crippen molar-refractivity contribution in [1.82, 2.24) is 20.4 Å². The van der Waals surface area contributed by atoms with E-state index in [1.165, 1.54) is 12.1 Å². The lowest BCUT2D eigenvalue weighted by Gasteiger charge is -2.11. The Morgan fingerprint density at radius 2 is 1.81 bits per heavy atom. The first kappa shape index (κ1) is 20.7. The fraction of sp³-hybridized carbons (Fsp3) is 0.208. The highest BCUT2D eigenvalue weighted by molar-refractivity contribution is 6.10. The molecule has 0 aliphatic heterocycles. The van der Waals surface area contributed by atoms with Crippen LogP contribution >= 0.6 is 0 Å². The zero-order valence-corrected chi connectivity index (χ0v) is 17.4. The second-order valence-corrected chi connectivity index (χ2v) is 7.55. The number of amides is 1. The van der Waals surface area contributed by atoms with Gasteiger partial charge in [-0.1, -0.05) is 35.5 Å². The number of aromatic nitrogens is 2. The Balaban J connectivity index is 1.78. The number of nitrogens with zero attached hydrogens (tertiary/aromatic N) is 3. The van der Waals surface area contributed by atoms with Crippen molar-refractivity contribution in [3.63, 3.8) is 0 Å². The van der Waals surface area contributed by atoms with Crippen molar-refractivity contribution in [1.29, 1.82) is 0 Å². The van der Waals surface area contributed by atoms with Crippen LogP contribution in [-0.2, 0) is 0 Å². The minimum atomic E-state index is -0.347. The first-order valence-electron chi connectivity index (χ1n) is 10.1. The number of fused-ring (bicyclic) bond motifs is 1. The molecule has 0 atom stereocenters. The third-order valence-corrected chi connectivity index (χ3v) is 4.95. The molecule has 0 aliphatic rings. The number of benzene rings is 2. The summed E-state index contributed by atoms with van der Waals surface area (Å²) in [6.07, 6.45) is 0.826. The van der Waals surface area contributed by atoms with Crippen LogP contribution in [0.3, 0.4) is 0 Å². The molecular weight excluding hydrogens is 395 g/mol. The molecule has 2 aromatic carbocycles. The van der Waals surface area contributed by atoms with Gasteiger partial charge in [-0.25, -0.2) is 9.37 Å². The number of carbonyl (C=O) groups excluding carboxylic acids is 1. The van der Waals surface area contributed by atoms with Crippen molar-refractivity contribution in [2.75, 3.05) is 27.2 Å². The van der Waals surface area contributed by atoms with E-state index in [1.807, 2.05) is 44.4 Å². The first-order valence-corrected chi connectivity index (χ1v) is 10.1. The molecule has 0 bridgehead atoms. The Bertz CT molecular complexity index is 1190. The zero-order valence-electron chi connectivity index (χ0n) is 17.4. The fourth-order valence-corrected chi connectivity index (χ4v) is 3.38. The highest BCUT2D eigenvalue weighted by Crippen LogP contribution is 2.32. The van der Waals surface area contributed by atoms with Crippen LogP contribution < -0.4 is 5.32 Å². The van der Waals surface area contributed by atoms with E-state index in [1.54, 1.807) is 18.2 Å². The minimum Gasteiger partial charge on any atom is -0.352 e. The summed E-state index contributed by atoms with van der Waals surface area (Å²) in [4.78, 5) is 19.8. The number of rotatable bonds is 7. The summed E-state index contributed by atoms with van der Waals surface area (Å²) >= 11 is 0. The van der Waals surface area contributed by atoms with Gasteiger partial charge in [0.05, 0.1) is 16.6 Å². The lowest BCUT2D eigenvalue weighted by molar-refractivity contribution is 0.0954. The molecule has 0 spiro atoms. The minimum absolute atomic E-state index is 0.227. The smallest absolute Gasteiger partial charge is 0.259 e. The molecule has 1 amide bonds. The summed E-state index contributed by atoms with van der Waals surface area (Å²) < 4.78 is 18.9. The second kappa shape index (κ2) is 9.06. The summed E-state index contributed by atoms with van der Waals surface area (Å²) in [6.45, 7) is 1.41. The maximum atomic E-state index is 13.4. The summed E-state index contributed by atoms with van der Waals surface area (Å²) in [7, 11) is 3.99. The standard InChI is InChI=1S/C24H23FN4O2/c1-29(2)14-6-13-26-23(30)19-15-20(16-7-4-3-5-8-16)27-24-21(19)22(28-31-24)17-9-11-18(25)12-10-17/h3-5,7-12,15H,6,13-14H2,1-2H3,(H,26,30). The first-order chi connectivity index (χ1) is 15.0. The van der Waals surface area contributed by atoms with Gasteiger partial charge in [0.2, 0.25) is 0 Å². The Kier molecular flexibility index (Phi) is 6.04. The third-order valence-electron chi connectivity index (χ3n) is 4.95. The van der Waals surface area contributed by atoms with Gasteiger partial charge in [-0.15, -0.1) is 0 Å². The van der Waals surface area contributed by atoms with E-state index in [-0.39, 0.29) is 17.4 Å². The Morgan fingerprint density at radius 3 is 2.52 bits per heavy atom. The van der Waals surface area contributed by atoms with Gasteiger partial charge in [-0.2, -0.15) is 0 Å². The number of halogens is 1. The molecule has 0 fully saturated rings. The largest absolute Gasteiger partial charge is 0.352 e. The van der Waals surface area contributed by atoms with Gasteiger partial charge in [0.25, 0.3) is 11.6 Å². The van der Waals surface area contributed by atoms with Crippen molar-refractivity contribution in [3.05, 3.63) is 72.0 Å². The number of hydrogen-bond acceptors (Lipinski definition) is 5. The molecule has 7 heteroatoms. The second-order valence-electron chi connectivity index (χ2n) is 7.55. The molecule has 4 aromatic rings. The summed E-state index contributed by atoms with van der Waals surface area (Å²) in [5.41, 5.74) is 3.28. The Morgan fingerprint density at radius 1 is 1.06 bits per heavy atom. The van der Waals surface area contributed by atoms with Crippen molar-refractivity contribution < 1.29 is 13.7 Å². The van der Waals surface area contributed by atoms with E-state index in [9.17, 15) is 9.18 Å². The topological polar surface area (TPSA) is 71.3 Å². The van der Waals surface area contributed by atoms with E-state index in [0.29, 0.717) is 34.4 Å². The summed E-state index contributed by atoms with van der Waals surface area (Å²) in [5.74, 6) is -0.574. The van der Waals surface area contributed by atoms with Crippen molar-refractivity contribution in [2.45, 2.75) is 6.42 Å². The molecule has 0 aliphatic carbocycles. The van der Waals surface area contributed by atoms with E-state index in [0.717, 1.165) is 18.5 Å². The van der Waals surface area contributed by atoms with Gasteiger partial charge in [0, 0.05) is 17.7 Å². The van der Waals surface area contributed by atoms with Crippen molar-refractivity contribution >= 4 is 17.0 Å². The highest BCUT2D eigenvalue weighted by atomic mass is 19.1. The van der Waals surface area contributed by atoms with Gasteiger partial charge in [-0.05, 0) is 57.4 Å². The molecule has 1 N–H and O–H groups in total. The van der Waals surface area contributed by atoms with E-state index in [4.69, 9.17) is 4.52 Å². The van der Waals surface area contributed by atoms with Crippen LogP contribution in [-0.4, -0.2) is 48.1 Å². The normalized spacial score (nSPS) is 11.2. The molecule has 2 aromatic heterocycles. The van der Waals surface area contributed by atoms with E-state index < -0.39 is 0 Å². The van der Waals surface area contributed by atoms with Crippen LogP contribution in [0.1, 0.15) is 16.8 Å². The monoisotopic (exact) mass is 418 g/mol. The predicted octanol–water partition coefficient (Wildman–Crippen LogP) is 4.38. The lowest BCUT2D eigenvalue weighted by atomic mass is 10.0. The van der Waals surface area contributed by atoms with Crippen molar-refractivity contribution in [2.24, 2.45) is 0 Å². The molecule has 0 radical (unpaired) electrons. The Hall–Kier alpha value is -3.58. The average Bonchev–Trinajstić information content (AvgIpc) is 3.21. The van der Waals surface area contributed by atoms with Crippen LogP contribution in [0.2, 0.25) is 0 Å². The van der Waals surface area contributed by atoms with Crippen molar-refractivity contribution in [3.8, 4) is 22.5 Å². The summed E-state index contributed by atoms with van der Waals surface area (Å²) in [6, 6.07) is 17.2. The van der Waals surface area contributed by atoms with Gasteiger partial charge in [0.15, 0.2) is 0 Å². The van der Waals surface area contributed by atoms with Crippen LogP contribution in [0.4, 0.5) is 4.39 Å². The molecule has 158 valence electrons. The lowest BCUT2D eigenvalue weighted by Crippen LogP contribution is -2.27. The van der Waals surface area contributed by atoms with Gasteiger partial charge in [-0.3, -0.25) is 4.79 Å². The molecule has 6 nitrogen and oxygen atoms in total. The van der Waals surface area contributed by atoms with Gasteiger partial charge in [0.1, 0.15) is 11.5 Å². The van der Waals surface area contributed by atoms with Crippen LogP contribution in [0.5, 0.6) is 0 Å². The number of hydrogen-bond donors (Lipinski definition) is 1. The molecule has 0 saturated heterocycles.